The van der Waals surface area contributed by atoms with E-state index in [-0.39, 0.29) is 32.5 Å². The predicted molar refractivity (Wildman–Crippen MR) is 444 cm³/mol. The Balaban J connectivity index is 0.776. The van der Waals surface area contributed by atoms with Gasteiger partial charge in [-0.05, 0) is 271 Å². The molecule has 0 radical (unpaired) electrons. The standard InChI is InChI=1S/C100H102N4/c1-95(2,3)71-31-43-77(44-32-71)101(78-45-33-72(34-46-78)96(4,5)6)81-51-55-83(56-52-81)103(85-59-61-89-87-23-15-17-25-91(87)99(93(89)67-85)63-19-13-20-64-99)75-39-27-69(28-40-75)70-29-41-76(42-30-70)104(86-60-62-90-88-24-16-18-26-92(88)100(94(90)68-86)65-21-14-22-66-100)84-57-53-82(54-58-84)102(79-47-35-73(36-48-79)97(7,8)9)80-49-37-74(38-50-80)98(10,11)12/h15-18,23-62,67-68H,13-14,19-22,63-66H2,1-12H3. The van der Waals surface area contributed by atoms with Crippen molar-refractivity contribution in [3.63, 3.8) is 0 Å². The minimum atomic E-state index is 0.0141. The molecule has 4 heteroatoms. The summed E-state index contributed by atoms with van der Waals surface area (Å²) in [6, 6.07) is 107. The first-order valence-electron chi connectivity index (χ1n) is 38.5. The Morgan fingerprint density at radius 1 is 0.202 bits per heavy atom. The van der Waals surface area contributed by atoms with E-state index in [9.17, 15) is 0 Å². The van der Waals surface area contributed by atoms with Crippen molar-refractivity contribution < 1.29 is 0 Å². The van der Waals surface area contributed by atoms with Crippen molar-refractivity contribution in [3.05, 3.63) is 324 Å². The first kappa shape index (κ1) is 68.3. The second-order valence-electron chi connectivity index (χ2n) is 34.5. The maximum Gasteiger partial charge on any atom is 0.0465 e. The molecule has 0 N–H and O–H groups in total. The summed E-state index contributed by atoms with van der Waals surface area (Å²) in [4.78, 5) is 9.82. The summed E-state index contributed by atoms with van der Waals surface area (Å²) in [6.45, 7) is 27.5. The van der Waals surface area contributed by atoms with Gasteiger partial charge in [0.1, 0.15) is 0 Å². The zero-order valence-corrected chi connectivity index (χ0v) is 63.4. The number of fused-ring (bicyclic) bond motifs is 10. The van der Waals surface area contributed by atoms with Gasteiger partial charge in [0, 0.05) is 79.1 Å². The van der Waals surface area contributed by atoms with Crippen molar-refractivity contribution >= 4 is 68.2 Å². The number of nitrogens with zero attached hydrogens (tertiary/aromatic N) is 4. The summed E-state index contributed by atoms with van der Waals surface area (Å²) in [5.41, 5.74) is 32.9. The molecule has 0 heterocycles. The Hall–Kier alpha value is -10.2. The lowest BCUT2D eigenvalue weighted by Gasteiger charge is -2.36. The van der Waals surface area contributed by atoms with Crippen LogP contribution in [0.4, 0.5) is 68.2 Å². The smallest absolute Gasteiger partial charge is 0.0465 e. The van der Waals surface area contributed by atoms with E-state index in [2.05, 4.69) is 382 Å². The van der Waals surface area contributed by atoms with Gasteiger partial charge in [0.15, 0.2) is 0 Å². The molecule has 4 aliphatic carbocycles. The number of rotatable bonds is 13. The van der Waals surface area contributed by atoms with Gasteiger partial charge >= 0.3 is 0 Å². The molecule has 0 aromatic heterocycles. The Labute approximate surface area is 620 Å². The molecule has 4 nitrogen and oxygen atoms in total. The second-order valence-corrected chi connectivity index (χ2v) is 34.5. The summed E-state index contributed by atoms with van der Waals surface area (Å²) >= 11 is 0. The van der Waals surface area contributed by atoms with Crippen molar-refractivity contribution in [1.29, 1.82) is 0 Å². The highest BCUT2D eigenvalue weighted by atomic mass is 15.2. The van der Waals surface area contributed by atoms with Crippen LogP contribution in [-0.2, 0) is 32.5 Å². The molecular weight excluding hydrogens is 1260 g/mol. The molecule has 12 aromatic rings. The fourth-order valence-corrected chi connectivity index (χ4v) is 17.9. The van der Waals surface area contributed by atoms with Crippen molar-refractivity contribution in [2.24, 2.45) is 0 Å². The van der Waals surface area contributed by atoms with Crippen LogP contribution >= 0.6 is 0 Å². The number of benzene rings is 12. The monoisotopic (exact) mass is 1360 g/mol. The quantitative estimate of drug-likeness (QED) is 0.114. The topological polar surface area (TPSA) is 13.0 Å². The molecule has 0 aliphatic heterocycles. The van der Waals surface area contributed by atoms with Gasteiger partial charge in [-0.3, -0.25) is 0 Å². The molecule has 16 rings (SSSR count). The molecule has 12 aromatic carbocycles. The van der Waals surface area contributed by atoms with E-state index < -0.39 is 0 Å². The average Bonchev–Trinajstić information content (AvgIpc) is 1.57. The zero-order valence-electron chi connectivity index (χ0n) is 63.4. The van der Waals surface area contributed by atoms with E-state index in [1.165, 1.54) is 153 Å². The molecule has 0 atom stereocenters. The SMILES string of the molecule is CC(C)(C)c1ccc(N(c2ccc(N(c3ccc(-c4ccc(N(c5ccc(N(c6ccc(C(C)(C)C)cc6)c6ccc(C(C)(C)C)cc6)cc5)c5ccc6c(c5)C5(CCCCC5)c5ccccc5-6)cc4)cc3)c3ccc4c(c3)C3(CCCCC3)c3ccccc3-4)cc2)c2ccc(C(C)(C)C)cc2)cc1. The maximum absolute atomic E-state index is 2.56. The summed E-state index contributed by atoms with van der Waals surface area (Å²) in [5.74, 6) is 0. The third-order valence-corrected chi connectivity index (χ3v) is 23.7. The van der Waals surface area contributed by atoms with Gasteiger partial charge in [-0.15, -0.1) is 0 Å². The fourth-order valence-electron chi connectivity index (χ4n) is 17.9. The van der Waals surface area contributed by atoms with E-state index in [0.29, 0.717) is 0 Å². The lowest BCUT2D eigenvalue weighted by atomic mass is 9.68. The van der Waals surface area contributed by atoms with E-state index in [4.69, 9.17) is 0 Å². The molecule has 4 aliphatic rings. The Morgan fingerprint density at radius 3 is 0.654 bits per heavy atom. The number of anilines is 12. The molecule has 0 unspecified atom stereocenters. The van der Waals surface area contributed by atoms with Gasteiger partial charge in [0.25, 0.3) is 0 Å². The summed E-state index contributed by atoms with van der Waals surface area (Å²) in [5, 5.41) is 0. The summed E-state index contributed by atoms with van der Waals surface area (Å²) < 4.78 is 0. The van der Waals surface area contributed by atoms with Crippen LogP contribution in [0.3, 0.4) is 0 Å². The molecule has 0 saturated heterocycles. The van der Waals surface area contributed by atoms with Crippen molar-refractivity contribution in [3.8, 4) is 33.4 Å². The minimum absolute atomic E-state index is 0.0141. The molecule has 2 spiro atoms. The molecule has 2 fully saturated rings. The first-order chi connectivity index (χ1) is 50.0. The van der Waals surface area contributed by atoms with Crippen LogP contribution in [0.15, 0.2) is 279 Å². The highest BCUT2D eigenvalue weighted by Crippen LogP contribution is 2.59. The van der Waals surface area contributed by atoms with Crippen molar-refractivity contribution in [1.82, 2.24) is 0 Å². The van der Waals surface area contributed by atoms with E-state index >= 15 is 0 Å². The third kappa shape index (κ3) is 12.5. The van der Waals surface area contributed by atoms with Crippen molar-refractivity contribution in [2.75, 3.05) is 19.6 Å². The van der Waals surface area contributed by atoms with E-state index in [1.54, 1.807) is 0 Å². The predicted octanol–water partition coefficient (Wildman–Crippen LogP) is 28.9. The van der Waals surface area contributed by atoms with Gasteiger partial charge in [-0.2, -0.15) is 0 Å². The van der Waals surface area contributed by atoms with E-state index in [1.807, 2.05) is 0 Å². The van der Waals surface area contributed by atoms with Crippen LogP contribution in [-0.4, -0.2) is 0 Å². The molecule has 104 heavy (non-hydrogen) atoms. The molecule has 2 saturated carbocycles. The lowest BCUT2D eigenvalue weighted by Crippen LogP contribution is -2.28. The van der Waals surface area contributed by atoms with Gasteiger partial charge in [-0.1, -0.05) is 255 Å². The largest absolute Gasteiger partial charge is 0.311 e. The van der Waals surface area contributed by atoms with Crippen LogP contribution in [0.1, 0.15) is 192 Å². The van der Waals surface area contributed by atoms with Gasteiger partial charge < -0.3 is 19.6 Å². The highest BCUT2D eigenvalue weighted by Gasteiger charge is 2.46. The molecule has 522 valence electrons. The van der Waals surface area contributed by atoms with Gasteiger partial charge in [0.05, 0.1) is 0 Å². The average molecular weight is 1360 g/mol. The maximum atomic E-state index is 2.56. The lowest BCUT2D eigenvalue weighted by molar-refractivity contribution is 0.353. The Morgan fingerprint density at radius 2 is 0.404 bits per heavy atom. The van der Waals surface area contributed by atoms with Crippen molar-refractivity contribution in [2.45, 2.75) is 180 Å². The molecule has 0 bridgehead atoms. The normalized spacial score (nSPS) is 15.1. The zero-order chi connectivity index (χ0) is 71.9. The van der Waals surface area contributed by atoms with Crippen LogP contribution < -0.4 is 19.6 Å². The third-order valence-electron chi connectivity index (χ3n) is 23.7. The molecule has 0 amide bonds. The first-order valence-corrected chi connectivity index (χ1v) is 38.5. The van der Waals surface area contributed by atoms with Crippen LogP contribution in [0.25, 0.3) is 33.4 Å². The minimum Gasteiger partial charge on any atom is -0.311 e. The number of hydrogen-bond acceptors (Lipinski definition) is 4. The van der Waals surface area contributed by atoms with Crippen LogP contribution in [0.2, 0.25) is 0 Å². The Bertz CT molecular complexity index is 4620. The fraction of sp³-hybridized carbons (Fsp3) is 0.280. The number of hydrogen-bond donors (Lipinski definition) is 0. The summed E-state index contributed by atoms with van der Waals surface area (Å²) in [6.07, 6.45) is 12.3. The van der Waals surface area contributed by atoms with E-state index in [0.717, 1.165) is 56.9 Å². The molecular formula is C100H102N4. The Kier molecular flexibility index (Phi) is 17.4. The summed E-state index contributed by atoms with van der Waals surface area (Å²) in [7, 11) is 0. The second kappa shape index (κ2) is 26.5. The van der Waals surface area contributed by atoms with Gasteiger partial charge in [-0.25, -0.2) is 0 Å². The van der Waals surface area contributed by atoms with Gasteiger partial charge in [0.2, 0.25) is 0 Å². The van der Waals surface area contributed by atoms with Crippen LogP contribution in [0, 0.1) is 0 Å². The highest BCUT2D eigenvalue weighted by molar-refractivity contribution is 5.90. The van der Waals surface area contributed by atoms with Crippen LogP contribution in [0.5, 0.6) is 0 Å².